The maximum absolute atomic E-state index is 12.1. The molecule has 132 valence electrons. The maximum atomic E-state index is 12.1. The molecule has 2 amide bonds. The molecule has 0 aromatic heterocycles. The highest BCUT2D eigenvalue weighted by Gasteiger charge is 2.12. The second-order valence-corrected chi connectivity index (χ2v) is 5.95. The Hall–Kier alpha value is -2.12. The predicted molar refractivity (Wildman–Crippen MR) is 90.3 cm³/mol. The molecule has 1 aromatic rings. The third kappa shape index (κ3) is 7.43. The van der Waals surface area contributed by atoms with E-state index in [9.17, 15) is 14.4 Å². The first-order valence-corrected chi connectivity index (χ1v) is 7.84. The summed E-state index contributed by atoms with van der Waals surface area (Å²) < 4.78 is 4.82. The molecule has 0 aliphatic rings. The van der Waals surface area contributed by atoms with Crippen molar-refractivity contribution in [2.75, 3.05) is 25.1 Å². The van der Waals surface area contributed by atoms with Crippen molar-refractivity contribution < 1.29 is 24.2 Å². The second kappa shape index (κ2) is 9.89. The van der Waals surface area contributed by atoms with Gasteiger partial charge in [0.25, 0.3) is 5.91 Å². The quantitative estimate of drug-likeness (QED) is 0.588. The van der Waals surface area contributed by atoms with Crippen LogP contribution in [-0.4, -0.2) is 42.6 Å². The summed E-state index contributed by atoms with van der Waals surface area (Å²) in [6.45, 7) is 3.67. The Morgan fingerprint density at radius 1 is 1.29 bits per heavy atom. The smallest absolute Gasteiger partial charge is 0.329 e. The molecule has 0 unspecified atom stereocenters. The fourth-order valence-electron chi connectivity index (χ4n) is 1.85. The van der Waals surface area contributed by atoms with E-state index in [1.807, 2.05) is 13.8 Å². The van der Waals surface area contributed by atoms with Crippen LogP contribution in [0.1, 0.15) is 30.6 Å². The van der Waals surface area contributed by atoms with Gasteiger partial charge in [-0.2, -0.15) is 0 Å². The van der Waals surface area contributed by atoms with Crippen LogP contribution < -0.4 is 10.6 Å². The van der Waals surface area contributed by atoms with Crippen LogP contribution in [0.2, 0.25) is 5.02 Å². The van der Waals surface area contributed by atoms with Gasteiger partial charge < -0.3 is 20.5 Å². The lowest BCUT2D eigenvalue weighted by Crippen LogP contribution is -2.28. The molecule has 3 N–H and O–H groups in total. The van der Waals surface area contributed by atoms with Gasteiger partial charge in [0.1, 0.15) is 6.61 Å². The van der Waals surface area contributed by atoms with Gasteiger partial charge in [-0.15, -0.1) is 0 Å². The summed E-state index contributed by atoms with van der Waals surface area (Å²) >= 11 is 6.01. The zero-order valence-electron chi connectivity index (χ0n) is 13.6. The standard InChI is InChI=1S/C16H21ClN2O5/c1-10(2)7-14(20)19-11-3-4-13(17)12(8-11)16(23)18-5-6-24-9-15(21)22/h3-4,8,10H,5-7,9H2,1-2H3,(H,18,23)(H,19,20)(H,21,22). The van der Waals surface area contributed by atoms with Gasteiger partial charge >= 0.3 is 5.97 Å². The maximum Gasteiger partial charge on any atom is 0.329 e. The third-order valence-electron chi connectivity index (χ3n) is 2.85. The second-order valence-electron chi connectivity index (χ2n) is 5.54. The first-order valence-electron chi connectivity index (χ1n) is 7.46. The Bertz CT molecular complexity index is 604. The number of nitrogens with one attached hydrogen (secondary N) is 2. The normalized spacial score (nSPS) is 10.5. The molecular weight excluding hydrogens is 336 g/mol. The molecule has 0 heterocycles. The van der Waals surface area contributed by atoms with Gasteiger partial charge in [-0.05, 0) is 24.1 Å². The fraction of sp³-hybridized carbons (Fsp3) is 0.438. The minimum Gasteiger partial charge on any atom is -0.480 e. The van der Waals surface area contributed by atoms with Crippen molar-refractivity contribution in [1.29, 1.82) is 0 Å². The first kappa shape index (κ1) is 19.9. The number of hydrogen-bond acceptors (Lipinski definition) is 4. The van der Waals surface area contributed by atoms with Gasteiger partial charge in [0.15, 0.2) is 0 Å². The highest BCUT2D eigenvalue weighted by molar-refractivity contribution is 6.34. The monoisotopic (exact) mass is 356 g/mol. The lowest BCUT2D eigenvalue weighted by Gasteiger charge is -2.11. The van der Waals surface area contributed by atoms with Crippen LogP contribution in [-0.2, 0) is 14.3 Å². The largest absolute Gasteiger partial charge is 0.480 e. The van der Waals surface area contributed by atoms with E-state index in [-0.39, 0.29) is 35.6 Å². The van der Waals surface area contributed by atoms with E-state index in [0.717, 1.165) is 0 Å². The minimum atomic E-state index is -1.07. The van der Waals surface area contributed by atoms with Crippen LogP contribution in [0.5, 0.6) is 0 Å². The third-order valence-corrected chi connectivity index (χ3v) is 3.18. The van der Waals surface area contributed by atoms with Crippen LogP contribution in [0.15, 0.2) is 18.2 Å². The van der Waals surface area contributed by atoms with Gasteiger partial charge in [0, 0.05) is 18.7 Å². The number of rotatable bonds is 9. The first-order chi connectivity index (χ1) is 11.3. The number of ether oxygens (including phenoxy) is 1. The predicted octanol–water partition coefficient (Wildman–Crippen LogP) is 2.16. The van der Waals surface area contributed by atoms with E-state index in [4.69, 9.17) is 21.4 Å². The number of benzene rings is 1. The van der Waals surface area contributed by atoms with Crippen LogP contribution >= 0.6 is 11.6 Å². The summed E-state index contributed by atoms with van der Waals surface area (Å²) in [5.41, 5.74) is 0.703. The summed E-state index contributed by atoms with van der Waals surface area (Å²) in [4.78, 5) is 34.2. The molecule has 0 aliphatic carbocycles. The molecule has 0 radical (unpaired) electrons. The number of carboxylic acid groups (broad SMARTS) is 1. The molecule has 0 saturated carbocycles. The summed E-state index contributed by atoms with van der Waals surface area (Å²) in [5.74, 6) is -1.42. The lowest BCUT2D eigenvalue weighted by atomic mass is 10.1. The van der Waals surface area contributed by atoms with Crippen molar-refractivity contribution in [1.82, 2.24) is 5.32 Å². The van der Waals surface area contributed by atoms with E-state index in [0.29, 0.717) is 12.1 Å². The number of anilines is 1. The van der Waals surface area contributed by atoms with E-state index < -0.39 is 18.5 Å². The Balaban J connectivity index is 2.60. The molecule has 0 aliphatic heterocycles. The summed E-state index contributed by atoms with van der Waals surface area (Å²) in [5, 5.41) is 14.0. The molecule has 24 heavy (non-hydrogen) atoms. The lowest BCUT2D eigenvalue weighted by molar-refractivity contribution is -0.142. The van der Waals surface area contributed by atoms with E-state index in [2.05, 4.69) is 10.6 Å². The van der Waals surface area contributed by atoms with Crippen molar-refractivity contribution in [3.05, 3.63) is 28.8 Å². The molecule has 0 saturated heterocycles. The molecule has 8 heteroatoms. The van der Waals surface area contributed by atoms with E-state index in [1.165, 1.54) is 12.1 Å². The Kier molecular flexibility index (Phi) is 8.21. The van der Waals surface area contributed by atoms with Crippen molar-refractivity contribution in [3.8, 4) is 0 Å². The molecule has 1 rings (SSSR count). The van der Waals surface area contributed by atoms with Gasteiger partial charge in [0.2, 0.25) is 5.91 Å². The molecule has 1 aromatic carbocycles. The highest BCUT2D eigenvalue weighted by Crippen LogP contribution is 2.21. The molecule has 0 spiro atoms. The summed E-state index contributed by atoms with van der Waals surface area (Å²) in [6.07, 6.45) is 0.380. The van der Waals surface area contributed by atoms with Crippen LogP contribution in [0.25, 0.3) is 0 Å². The number of aliphatic carboxylic acids is 1. The van der Waals surface area contributed by atoms with Gasteiger partial charge in [-0.25, -0.2) is 4.79 Å². The number of carbonyl (C=O) groups excluding carboxylic acids is 2. The summed E-state index contributed by atoms with van der Waals surface area (Å²) in [6, 6.07) is 4.64. The average molecular weight is 357 g/mol. The summed E-state index contributed by atoms with van der Waals surface area (Å²) in [7, 11) is 0. The number of carbonyl (C=O) groups is 3. The average Bonchev–Trinajstić information content (AvgIpc) is 2.47. The van der Waals surface area contributed by atoms with Gasteiger partial charge in [0.05, 0.1) is 17.2 Å². The molecular formula is C16H21ClN2O5. The number of carboxylic acids is 1. The fourth-order valence-corrected chi connectivity index (χ4v) is 2.05. The van der Waals surface area contributed by atoms with Crippen LogP contribution in [0, 0.1) is 5.92 Å². The van der Waals surface area contributed by atoms with E-state index >= 15 is 0 Å². The SMILES string of the molecule is CC(C)CC(=O)Nc1ccc(Cl)c(C(=O)NCCOCC(=O)O)c1. The molecule has 0 atom stereocenters. The zero-order valence-corrected chi connectivity index (χ0v) is 14.4. The molecule has 0 bridgehead atoms. The zero-order chi connectivity index (χ0) is 18.1. The number of amides is 2. The Labute approximate surface area is 145 Å². The Morgan fingerprint density at radius 3 is 2.62 bits per heavy atom. The molecule has 7 nitrogen and oxygen atoms in total. The van der Waals surface area contributed by atoms with Gasteiger partial charge in [-0.1, -0.05) is 25.4 Å². The minimum absolute atomic E-state index is 0.0699. The van der Waals surface area contributed by atoms with Crippen molar-refractivity contribution in [2.24, 2.45) is 5.92 Å². The topological polar surface area (TPSA) is 105 Å². The van der Waals surface area contributed by atoms with Crippen molar-refractivity contribution >= 4 is 35.1 Å². The van der Waals surface area contributed by atoms with Crippen LogP contribution in [0.3, 0.4) is 0 Å². The van der Waals surface area contributed by atoms with Crippen molar-refractivity contribution in [3.63, 3.8) is 0 Å². The number of halogens is 1. The van der Waals surface area contributed by atoms with Gasteiger partial charge in [-0.3, -0.25) is 9.59 Å². The number of hydrogen-bond donors (Lipinski definition) is 3. The highest BCUT2D eigenvalue weighted by atomic mass is 35.5. The Morgan fingerprint density at radius 2 is 2.00 bits per heavy atom. The molecule has 0 fully saturated rings. The van der Waals surface area contributed by atoms with E-state index in [1.54, 1.807) is 6.07 Å². The van der Waals surface area contributed by atoms with Crippen molar-refractivity contribution in [2.45, 2.75) is 20.3 Å². The van der Waals surface area contributed by atoms with Crippen LogP contribution in [0.4, 0.5) is 5.69 Å².